The number of benzene rings is 1. The van der Waals surface area contributed by atoms with Crippen LogP contribution in [0.2, 0.25) is 0 Å². The third-order valence-electron chi connectivity index (χ3n) is 3.42. The maximum Gasteiger partial charge on any atom is -0.171 e. The van der Waals surface area contributed by atoms with E-state index in [4.69, 9.17) is 6.80 Å². The number of rotatable bonds is 0. The Bertz CT molecular complexity index is 289. The van der Waals surface area contributed by atoms with Crippen LogP contribution >= 0.6 is 0 Å². The molecule has 1 saturated carbocycles. The quantitative estimate of drug-likeness (QED) is 0.581. The molecular formula is C16H20O2W-. The van der Waals surface area contributed by atoms with Gasteiger partial charge in [-0.05, 0) is 29.6 Å². The normalized spacial score (nSPS) is 18.2. The van der Waals surface area contributed by atoms with Crippen LogP contribution in [0.4, 0.5) is 0 Å². The molecule has 2 nitrogen and oxygen atoms in total. The zero-order chi connectivity index (χ0) is 14.8. The van der Waals surface area contributed by atoms with Gasteiger partial charge in [-0.1, -0.05) is 34.6 Å². The largest absolute Gasteiger partial charge is 0.184 e. The van der Waals surface area contributed by atoms with Crippen molar-refractivity contribution >= 4 is 0 Å². The summed E-state index contributed by atoms with van der Waals surface area (Å²) >= 11 is -2.25. The number of hydrogen-bond donors (Lipinski definition) is 0. The molecule has 3 heteroatoms. The van der Waals surface area contributed by atoms with E-state index in [9.17, 15) is 0 Å². The molecule has 0 heterocycles. The van der Waals surface area contributed by atoms with Gasteiger partial charge in [0.25, 0.3) is 0 Å². The molecule has 1 aliphatic carbocycles. The van der Waals surface area contributed by atoms with Crippen LogP contribution in [0.3, 0.4) is 0 Å². The predicted octanol–water partition coefficient (Wildman–Crippen LogP) is 4.22. The van der Waals surface area contributed by atoms with Crippen LogP contribution in [-0.4, -0.2) is 0 Å². The molecule has 2 rings (SSSR count). The van der Waals surface area contributed by atoms with Gasteiger partial charge >= 0.3 is 25.3 Å². The molecule has 1 aromatic carbocycles. The molecule has 103 valence electrons. The molecule has 0 saturated heterocycles. The van der Waals surface area contributed by atoms with Gasteiger partial charge in [0.2, 0.25) is 0 Å². The van der Waals surface area contributed by atoms with Gasteiger partial charge in [-0.3, -0.25) is 0 Å². The van der Waals surface area contributed by atoms with Gasteiger partial charge in [0, 0.05) is 0 Å². The Morgan fingerprint density at radius 3 is 1.05 bits per heavy atom. The van der Waals surface area contributed by atoms with E-state index in [0.29, 0.717) is 0 Å². The molecule has 1 aliphatic rings. The molecular weight excluding hydrogens is 408 g/mol. The first kappa shape index (κ1) is 18.5. The minimum Gasteiger partial charge on any atom is -0.184 e. The molecule has 0 amide bonds. The SMILES string of the molecule is C[C]1[C](C)[C](C)[C](C)[C]1C.[O]=[W]=[O].[c-]1ccccc1. The van der Waals surface area contributed by atoms with Gasteiger partial charge in [-0.2, -0.15) is 36.4 Å². The smallest absolute Gasteiger partial charge is 0.171 e. The zero-order valence-electron chi connectivity index (χ0n) is 12.1. The summed E-state index contributed by atoms with van der Waals surface area (Å²) in [6.45, 7) is 11.0. The molecule has 0 N–H and O–H groups in total. The molecule has 0 bridgehead atoms. The summed E-state index contributed by atoms with van der Waals surface area (Å²) in [5, 5.41) is 0. The Hall–Kier alpha value is -0.492. The van der Waals surface area contributed by atoms with Gasteiger partial charge in [-0.15, -0.1) is 0 Å². The standard InChI is InChI=1S/C10H15.C6H5.2O.W/c1-6-7(2)9(4)10(5)8(6)3;1-2-4-6-5-3-1;;;/h1-5H3;1-5H;;;/q;-1;;;. The van der Waals surface area contributed by atoms with E-state index in [-0.39, 0.29) is 0 Å². The summed E-state index contributed by atoms with van der Waals surface area (Å²) in [5.74, 6) is 7.34. The Kier molecular flexibility index (Phi) is 10.0. The van der Waals surface area contributed by atoms with E-state index in [1.165, 1.54) is 29.6 Å². The molecule has 1 fully saturated rings. The van der Waals surface area contributed by atoms with E-state index >= 15 is 0 Å². The van der Waals surface area contributed by atoms with Crippen LogP contribution in [0.1, 0.15) is 34.6 Å². The van der Waals surface area contributed by atoms with Gasteiger partial charge in [0.15, 0.2) is 0 Å². The van der Waals surface area contributed by atoms with Crippen molar-refractivity contribution in [2.75, 3.05) is 0 Å². The summed E-state index contributed by atoms with van der Waals surface area (Å²) in [6, 6.07) is 12.5. The average Bonchev–Trinajstić information content (AvgIpc) is 2.61. The summed E-state index contributed by atoms with van der Waals surface area (Å²) in [6.07, 6.45) is 0. The Morgan fingerprint density at radius 1 is 0.684 bits per heavy atom. The van der Waals surface area contributed by atoms with E-state index in [1.54, 1.807) is 0 Å². The summed E-state index contributed by atoms with van der Waals surface area (Å²) in [7, 11) is 0. The molecule has 19 heavy (non-hydrogen) atoms. The van der Waals surface area contributed by atoms with E-state index in [0.717, 1.165) is 0 Å². The third kappa shape index (κ3) is 6.47. The first-order chi connectivity index (χ1) is 8.97. The fraction of sp³-hybridized carbons (Fsp3) is 0.312. The third-order valence-corrected chi connectivity index (χ3v) is 3.42. The fourth-order valence-corrected chi connectivity index (χ4v) is 1.75. The topological polar surface area (TPSA) is 34.1 Å². The molecule has 0 spiro atoms. The van der Waals surface area contributed by atoms with Gasteiger partial charge in [-0.25, -0.2) is 0 Å². The average molecular weight is 428 g/mol. The van der Waals surface area contributed by atoms with Crippen LogP contribution < -0.4 is 0 Å². The predicted molar refractivity (Wildman–Crippen MR) is 71.2 cm³/mol. The zero-order valence-corrected chi connectivity index (χ0v) is 15.0. The molecule has 0 aliphatic heterocycles. The maximum absolute atomic E-state index is 8.54. The minimum absolute atomic E-state index is 1.47. The molecule has 0 aromatic heterocycles. The monoisotopic (exact) mass is 428 g/mol. The van der Waals surface area contributed by atoms with Crippen molar-refractivity contribution in [3.63, 3.8) is 0 Å². The minimum atomic E-state index is -2.25. The summed E-state index contributed by atoms with van der Waals surface area (Å²) in [4.78, 5) is 0. The van der Waals surface area contributed by atoms with Crippen LogP contribution in [0.25, 0.3) is 0 Å². The Balaban J connectivity index is 0.000000306. The van der Waals surface area contributed by atoms with Gasteiger partial charge < -0.3 is 0 Å². The number of hydrogen-bond acceptors (Lipinski definition) is 2. The van der Waals surface area contributed by atoms with Crippen molar-refractivity contribution < 1.29 is 25.3 Å². The van der Waals surface area contributed by atoms with Crippen molar-refractivity contribution in [2.24, 2.45) is 0 Å². The summed E-state index contributed by atoms with van der Waals surface area (Å²) < 4.78 is 17.1. The van der Waals surface area contributed by atoms with Crippen molar-refractivity contribution in [1.29, 1.82) is 0 Å². The van der Waals surface area contributed by atoms with Crippen LogP contribution in [0.5, 0.6) is 0 Å². The first-order valence-electron chi connectivity index (χ1n) is 5.99. The van der Waals surface area contributed by atoms with E-state index in [1.807, 2.05) is 30.3 Å². The maximum atomic E-state index is 8.54. The van der Waals surface area contributed by atoms with Crippen molar-refractivity contribution in [3.05, 3.63) is 66.0 Å². The summed E-state index contributed by atoms with van der Waals surface area (Å²) in [5.41, 5.74) is 0. The van der Waals surface area contributed by atoms with E-state index in [2.05, 4.69) is 40.7 Å². The van der Waals surface area contributed by atoms with Crippen LogP contribution in [-0.2, 0) is 25.3 Å². The van der Waals surface area contributed by atoms with Crippen molar-refractivity contribution in [2.45, 2.75) is 34.6 Å². The van der Waals surface area contributed by atoms with Crippen molar-refractivity contribution in [3.8, 4) is 0 Å². The first-order valence-corrected chi connectivity index (χ1v) is 8.39. The van der Waals surface area contributed by atoms with Crippen LogP contribution in [0.15, 0.2) is 30.3 Å². The second kappa shape index (κ2) is 10.3. The van der Waals surface area contributed by atoms with E-state index < -0.39 is 18.5 Å². The molecule has 5 radical (unpaired) electrons. The fourth-order valence-electron chi connectivity index (χ4n) is 1.75. The Labute approximate surface area is 126 Å². The molecule has 0 unspecified atom stereocenters. The Morgan fingerprint density at radius 2 is 0.947 bits per heavy atom. The molecule has 0 atom stereocenters. The second-order valence-electron chi connectivity index (χ2n) is 4.27. The second-order valence-corrected chi connectivity index (χ2v) is 4.76. The van der Waals surface area contributed by atoms with Gasteiger partial charge in [0.1, 0.15) is 0 Å². The van der Waals surface area contributed by atoms with Gasteiger partial charge in [0.05, 0.1) is 0 Å². The van der Waals surface area contributed by atoms with Crippen molar-refractivity contribution in [1.82, 2.24) is 0 Å². The molecule has 1 aromatic rings. The van der Waals surface area contributed by atoms with Crippen LogP contribution in [0, 0.1) is 35.7 Å².